The van der Waals surface area contributed by atoms with Gasteiger partial charge in [0.05, 0.1) is 9.88 Å². The van der Waals surface area contributed by atoms with Crippen LogP contribution in [0.25, 0.3) is 0 Å². The smallest absolute Gasteiger partial charge is 0.317 e. The van der Waals surface area contributed by atoms with E-state index < -0.39 is 11.9 Å². The minimum absolute atomic E-state index is 0. The van der Waals surface area contributed by atoms with Crippen LogP contribution in [-0.4, -0.2) is 36.1 Å². The van der Waals surface area contributed by atoms with Gasteiger partial charge in [0.15, 0.2) is 5.69 Å². The van der Waals surface area contributed by atoms with Gasteiger partial charge in [-0.15, -0.1) is 23.7 Å². The van der Waals surface area contributed by atoms with Crippen LogP contribution in [-0.2, 0) is 12.7 Å². The van der Waals surface area contributed by atoms with Crippen molar-refractivity contribution in [1.29, 1.82) is 0 Å². The largest absolute Gasteiger partial charge is 0.434 e. The fourth-order valence-electron chi connectivity index (χ4n) is 2.59. The van der Waals surface area contributed by atoms with Crippen molar-refractivity contribution in [3.63, 3.8) is 0 Å². The number of alkyl halides is 3. The highest BCUT2D eigenvalue weighted by Gasteiger charge is 2.37. The molecular formula is C13H21ClF3N3S. The van der Waals surface area contributed by atoms with Crippen LogP contribution in [0.1, 0.15) is 34.8 Å². The van der Waals surface area contributed by atoms with Gasteiger partial charge in [-0.2, -0.15) is 13.2 Å². The van der Waals surface area contributed by atoms with Crippen molar-refractivity contribution in [1.82, 2.24) is 15.2 Å². The SMILES string of the molecule is Cc1nc(C(F)(F)F)c(CN(C)C2CCCNCC2)s1.Cl. The maximum atomic E-state index is 12.9. The lowest BCUT2D eigenvalue weighted by Crippen LogP contribution is -2.32. The Kier molecular flexibility index (Phi) is 6.90. The molecule has 2 rings (SSSR count). The van der Waals surface area contributed by atoms with E-state index >= 15 is 0 Å². The number of rotatable bonds is 3. The number of halogens is 4. The first-order chi connectivity index (χ1) is 9.38. The zero-order valence-electron chi connectivity index (χ0n) is 12.2. The lowest BCUT2D eigenvalue weighted by atomic mass is 10.1. The molecule has 1 fully saturated rings. The Bertz CT molecular complexity index is 442. The third-order valence-corrected chi connectivity index (χ3v) is 4.59. The van der Waals surface area contributed by atoms with E-state index in [0.717, 1.165) is 43.7 Å². The van der Waals surface area contributed by atoms with E-state index in [1.54, 1.807) is 6.92 Å². The first kappa shape index (κ1) is 18.7. The van der Waals surface area contributed by atoms with Gasteiger partial charge in [0, 0.05) is 12.6 Å². The van der Waals surface area contributed by atoms with Gasteiger partial charge in [0.25, 0.3) is 0 Å². The van der Waals surface area contributed by atoms with E-state index in [4.69, 9.17) is 0 Å². The molecule has 1 aliphatic heterocycles. The number of hydrogen-bond acceptors (Lipinski definition) is 4. The molecule has 21 heavy (non-hydrogen) atoms. The summed E-state index contributed by atoms with van der Waals surface area (Å²) in [5, 5.41) is 3.79. The Morgan fingerprint density at radius 2 is 2.05 bits per heavy atom. The zero-order valence-corrected chi connectivity index (χ0v) is 13.8. The fourth-order valence-corrected chi connectivity index (χ4v) is 3.61. The second-order valence-corrected chi connectivity index (χ2v) is 6.54. The third-order valence-electron chi connectivity index (χ3n) is 3.63. The topological polar surface area (TPSA) is 28.2 Å². The molecule has 1 aromatic heterocycles. The van der Waals surface area contributed by atoms with E-state index in [-0.39, 0.29) is 12.4 Å². The van der Waals surface area contributed by atoms with Crippen molar-refractivity contribution >= 4 is 23.7 Å². The predicted octanol–water partition coefficient (Wildman–Crippen LogP) is 3.47. The first-order valence-electron chi connectivity index (χ1n) is 6.82. The number of thiazole rings is 1. The second kappa shape index (κ2) is 7.76. The van der Waals surface area contributed by atoms with Crippen molar-refractivity contribution in [2.45, 2.75) is 44.9 Å². The van der Waals surface area contributed by atoms with Crippen LogP contribution in [0.4, 0.5) is 13.2 Å². The molecule has 1 unspecified atom stereocenters. The number of aromatic nitrogens is 1. The molecule has 8 heteroatoms. The first-order valence-corrected chi connectivity index (χ1v) is 7.64. The van der Waals surface area contributed by atoms with Gasteiger partial charge >= 0.3 is 6.18 Å². The van der Waals surface area contributed by atoms with Crippen LogP contribution in [0.15, 0.2) is 0 Å². The summed E-state index contributed by atoms with van der Waals surface area (Å²) in [6, 6.07) is 0.341. The molecule has 1 N–H and O–H groups in total. The van der Waals surface area contributed by atoms with Crippen LogP contribution >= 0.6 is 23.7 Å². The Morgan fingerprint density at radius 3 is 2.71 bits per heavy atom. The molecule has 3 nitrogen and oxygen atoms in total. The van der Waals surface area contributed by atoms with E-state index in [2.05, 4.69) is 10.3 Å². The summed E-state index contributed by atoms with van der Waals surface area (Å²) in [4.78, 5) is 6.02. The zero-order chi connectivity index (χ0) is 14.8. The number of hydrogen-bond donors (Lipinski definition) is 1. The second-order valence-electron chi connectivity index (χ2n) is 5.25. The van der Waals surface area contributed by atoms with Crippen molar-refractivity contribution in [2.75, 3.05) is 20.1 Å². The minimum atomic E-state index is -4.36. The van der Waals surface area contributed by atoms with Crippen LogP contribution < -0.4 is 5.32 Å². The molecule has 1 atom stereocenters. The molecule has 0 amide bonds. The van der Waals surface area contributed by atoms with Gasteiger partial charge in [-0.1, -0.05) is 0 Å². The van der Waals surface area contributed by atoms with Crippen molar-refractivity contribution in [3.05, 3.63) is 15.6 Å². The summed E-state index contributed by atoms with van der Waals surface area (Å²) in [5.41, 5.74) is -0.710. The van der Waals surface area contributed by atoms with Gasteiger partial charge in [-0.05, 0) is 46.3 Å². The van der Waals surface area contributed by atoms with Crippen molar-refractivity contribution in [3.8, 4) is 0 Å². The third kappa shape index (κ3) is 5.09. The minimum Gasteiger partial charge on any atom is -0.317 e. The average molecular weight is 344 g/mol. The van der Waals surface area contributed by atoms with E-state index in [1.807, 2.05) is 11.9 Å². The van der Waals surface area contributed by atoms with Gasteiger partial charge in [0.1, 0.15) is 0 Å². The van der Waals surface area contributed by atoms with Gasteiger partial charge in [-0.25, -0.2) is 4.98 Å². The normalized spacial score (nSPS) is 20.2. The summed E-state index contributed by atoms with van der Waals surface area (Å²) in [7, 11) is 1.91. The lowest BCUT2D eigenvalue weighted by Gasteiger charge is -2.26. The number of nitrogens with zero attached hydrogens (tertiary/aromatic N) is 2. The predicted molar refractivity (Wildman–Crippen MR) is 81.1 cm³/mol. The molecule has 1 aliphatic rings. The van der Waals surface area contributed by atoms with E-state index in [0.29, 0.717) is 22.5 Å². The Morgan fingerprint density at radius 1 is 1.33 bits per heavy atom. The molecule has 0 aliphatic carbocycles. The highest BCUT2D eigenvalue weighted by atomic mass is 35.5. The molecule has 0 radical (unpaired) electrons. The van der Waals surface area contributed by atoms with Crippen molar-refractivity contribution < 1.29 is 13.2 Å². The standard InChI is InChI=1S/C13H20F3N3S.ClH/c1-9-18-12(13(14,15)16)11(20-9)8-19(2)10-4-3-6-17-7-5-10;/h10,17H,3-8H2,1-2H3;1H. The summed E-state index contributed by atoms with van der Waals surface area (Å²) in [6.07, 6.45) is -1.27. The van der Waals surface area contributed by atoms with Crippen LogP contribution in [0, 0.1) is 6.92 Å². The van der Waals surface area contributed by atoms with Gasteiger partial charge in [0.2, 0.25) is 0 Å². The molecule has 2 heterocycles. The van der Waals surface area contributed by atoms with Gasteiger partial charge in [-0.3, -0.25) is 4.90 Å². The Balaban J connectivity index is 0.00000220. The number of aryl methyl sites for hydroxylation is 1. The fraction of sp³-hybridized carbons (Fsp3) is 0.769. The average Bonchev–Trinajstić information content (AvgIpc) is 2.59. The quantitative estimate of drug-likeness (QED) is 0.911. The molecular weight excluding hydrogens is 323 g/mol. The molecule has 0 saturated carbocycles. The molecule has 1 aromatic rings. The molecule has 0 spiro atoms. The Hall–Kier alpha value is -0.370. The molecule has 0 bridgehead atoms. The molecule has 1 saturated heterocycles. The van der Waals surface area contributed by atoms with Crippen LogP contribution in [0.3, 0.4) is 0 Å². The van der Waals surface area contributed by atoms with Crippen LogP contribution in [0.2, 0.25) is 0 Å². The maximum absolute atomic E-state index is 12.9. The monoisotopic (exact) mass is 343 g/mol. The maximum Gasteiger partial charge on any atom is 0.434 e. The summed E-state index contributed by atoms with van der Waals surface area (Å²) >= 11 is 1.15. The van der Waals surface area contributed by atoms with E-state index in [9.17, 15) is 13.2 Å². The summed E-state index contributed by atoms with van der Waals surface area (Å²) < 4.78 is 38.8. The van der Waals surface area contributed by atoms with Crippen LogP contribution in [0.5, 0.6) is 0 Å². The lowest BCUT2D eigenvalue weighted by molar-refractivity contribution is -0.141. The summed E-state index contributed by atoms with van der Waals surface area (Å²) in [6.45, 7) is 3.88. The Labute approximate surface area is 133 Å². The molecule has 0 aromatic carbocycles. The van der Waals surface area contributed by atoms with Crippen molar-refractivity contribution in [2.24, 2.45) is 0 Å². The summed E-state index contributed by atoms with van der Waals surface area (Å²) in [5.74, 6) is 0. The highest BCUT2D eigenvalue weighted by molar-refractivity contribution is 7.11. The van der Waals surface area contributed by atoms with E-state index in [1.165, 1.54) is 0 Å². The molecule has 122 valence electrons. The van der Waals surface area contributed by atoms with Gasteiger partial charge < -0.3 is 5.32 Å². The number of nitrogens with one attached hydrogen (secondary N) is 1. The highest BCUT2D eigenvalue weighted by Crippen LogP contribution is 2.35.